The fraction of sp³-hybridized carbons (Fsp3) is 0.172. The van der Waals surface area contributed by atoms with Crippen molar-refractivity contribution in [3.8, 4) is 0 Å². The maximum Gasteiger partial charge on any atom is 0.354 e. The van der Waals surface area contributed by atoms with Crippen LogP contribution in [-0.4, -0.2) is 36.2 Å². The minimum Gasteiger partial charge on any atom is -0.466 e. The zero-order valence-electron chi connectivity index (χ0n) is 20.5. The largest absolute Gasteiger partial charge is 0.466 e. The maximum absolute atomic E-state index is 14.0. The Morgan fingerprint density at radius 3 is 2.16 bits per heavy atom. The molecule has 0 fully saturated rings. The normalized spacial score (nSPS) is 19.9. The van der Waals surface area contributed by atoms with Crippen LogP contribution in [0.3, 0.4) is 0 Å². The van der Waals surface area contributed by atoms with E-state index in [0.29, 0.717) is 17.0 Å². The van der Waals surface area contributed by atoms with Crippen LogP contribution < -0.4 is 4.90 Å². The number of hydrogen-bond acceptors (Lipinski definition) is 6. The average molecular weight is 638 g/mol. The highest BCUT2D eigenvalue weighted by atomic mass is 79.9. The number of anilines is 1. The summed E-state index contributed by atoms with van der Waals surface area (Å²) < 4.78 is 6.95. The summed E-state index contributed by atoms with van der Waals surface area (Å²) in [5.74, 6) is -2.64. The second-order valence-electron chi connectivity index (χ2n) is 9.00. The van der Waals surface area contributed by atoms with E-state index >= 15 is 0 Å². The number of methoxy groups -OCH3 is 1. The summed E-state index contributed by atoms with van der Waals surface area (Å²) >= 11 is 6.81. The highest BCUT2D eigenvalue weighted by molar-refractivity contribution is 9.10. The van der Waals surface area contributed by atoms with E-state index in [1.165, 1.54) is 7.11 Å². The number of benzene rings is 3. The van der Waals surface area contributed by atoms with Crippen LogP contribution in [0.4, 0.5) is 5.69 Å². The van der Waals surface area contributed by atoms with Gasteiger partial charge in [0.05, 0.1) is 24.4 Å². The molecular weight excluding hydrogens is 616 g/mol. The van der Waals surface area contributed by atoms with E-state index in [4.69, 9.17) is 9.57 Å². The van der Waals surface area contributed by atoms with Crippen LogP contribution in [-0.2, 0) is 24.0 Å². The zero-order chi connectivity index (χ0) is 27.0. The molecule has 0 saturated heterocycles. The molecule has 3 aromatic rings. The maximum atomic E-state index is 14.0. The molecule has 0 saturated carbocycles. The summed E-state index contributed by atoms with van der Waals surface area (Å²) in [7, 11) is 1.27. The van der Waals surface area contributed by atoms with Gasteiger partial charge in [-0.15, -0.1) is 0 Å². The number of carbonyl (C=O) groups is 3. The number of oxime groups is 1. The van der Waals surface area contributed by atoms with E-state index < -0.39 is 29.3 Å². The van der Waals surface area contributed by atoms with E-state index in [9.17, 15) is 14.4 Å². The predicted octanol–water partition coefficient (Wildman–Crippen LogP) is 5.92. The molecule has 2 amide bonds. The molecule has 38 heavy (non-hydrogen) atoms. The molecule has 0 unspecified atom stereocenters. The molecule has 0 bridgehead atoms. The van der Waals surface area contributed by atoms with Crippen molar-refractivity contribution in [3.05, 3.63) is 110 Å². The summed E-state index contributed by atoms with van der Waals surface area (Å²) in [6.07, 6.45) is 0.0391. The number of ether oxygens (including phenoxy) is 1. The number of esters is 1. The standard InChI is InChI=1S/C29H22Br2N2O5/c1-17-24(27(35)33(26(17)34)22-14-12-21(31)13-15-22)25(19-6-4-3-5-7-19)29(28(36)37-2)16-23(32-38-29)18-8-10-20(30)11-9-18/h3-15,25H,16H2,1-2H3/t25-,29+/m0/s1. The lowest BCUT2D eigenvalue weighted by molar-refractivity contribution is -0.168. The fourth-order valence-corrected chi connectivity index (χ4v) is 5.47. The van der Waals surface area contributed by atoms with Gasteiger partial charge in [-0.25, -0.2) is 9.69 Å². The highest BCUT2D eigenvalue weighted by Gasteiger charge is 2.59. The van der Waals surface area contributed by atoms with Crippen LogP contribution in [0, 0.1) is 0 Å². The third kappa shape index (κ3) is 4.39. The van der Waals surface area contributed by atoms with Crippen LogP contribution in [0.1, 0.15) is 30.4 Å². The number of amides is 2. The Morgan fingerprint density at radius 2 is 1.55 bits per heavy atom. The number of halogens is 2. The molecule has 2 heterocycles. The first-order valence-corrected chi connectivity index (χ1v) is 13.3. The van der Waals surface area contributed by atoms with Gasteiger partial charge in [-0.3, -0.25) is 9.59 Å². The Kier molecular flexibility index (Phi) is 7.07. The lowest BCUT2D eigenvalue weighted by Crippen LogP contribution is -2.48. The van der Waals surface area contributed by atoms with Crippen molar-refractivity contribution in [2.24, 2.45) is 5.16 Å². The monoisotopic (exact) mass is 636 g/mol. The fourth-order valence-electron chi connectivity index (χ4n) is 4.94. The lowest BCUT2D eigenvalue weighted by atomic mass is 9.73. The molecule has 192 valence electrons. The SMILES string of the molecule is COC(=O)[C@]1([C@H](C2=C(C)C(=O)N(c3ccc(Br)cc3)C2=O)c2ccccc2)CC(c2ccc(Br)cc2)=NO1. The van der Waals surface area contributed by atoms with Gasteiger partial charge < -0.3 is 9.57 Å². The van der Waals surface area contributed by atoms with E-state index in [2.05, 4.69) is 37.0 Å². The van der Waals surface area contributed by atoms with Gasteiger partial charge in [-0.1, -0.05) is 79.5 Å². The summed E-state index contributed by atoms with van der Waals surface area (Å²) in [6.45, 7) is 1.60. The molecule has 2 aliphatic heterocycles. The second kappa shape index (κ2) is 10.3. The van der Waals surface area contributed by atoms with Gasteiger partial charge in [0.25, 0.3) is 11.8 Å². The van der Waals surface area contributed by atoms with Gasteiger partial charge in [-0.05, 0) is 54.4 Å². The Balaban J connectivity index is 1.64. The summed E-state index contributed by atoms with van der Waals surface area (Å²) in [6, 6.07) is 23.4. The zero-order valence-corrected chi connectivity index (χ0v) is 23.7. The first-order valence-electron chi connectivity index (χ1n) is 11.8. The van der Waals surface area contributed by atoms with Crippen molar-refractivity contribution in [1.82, 2.24) is 0 Å². The lowest BCUT2D eigenvalue weighted by Gasteiger charge is -2.33. The number of carbonyl (C=O) groups excluding carboxylic acids is 3. The molecule has 2 aliphatic rings. The summed E-state index contributed by atoms with van der Waals surface area (Å²) in [5, 5.41) is 4.29. The first kappa shape index (κ1) is 26.1. The Bertz CT molecular complexity index is 1480. The molecule has 2 atom stereocenters. The molecule has 0 radical (unpaired) electrons. The van der Waals surface area contributed by atoms with Gasteiger partial charge >= 0.3 is 5.97 Å². The van der Waals surface area contributed by atoms with Gasteiger partial charge in [0.1, 0.15) is 0 Å². The van der Waals surface area contributed by atoms with E-state index in [-0.39, 0.29) is 17.6 Å². The molecule has 7 nitrogen and oxygen atoms in total. The van der Waals surface area contributed by atoms with Crippen molar-refractivity contribution in [2.45, 2.75) is 24.9 Å². The van der Waals surface area contributed by atoms with Crippen LogP contribution >= 0.6 is 31.9 Å². The van der Waals surface area contributed by atoms with Crippen LogP contribution in [0.5, 0.6) is 0 Å². The number of nitrogens with zero attached hydrogens (tertiary/aromatic N) is 2. The van der Waals surface area contributed by atoms with Crippen molar-refractivity contribution >= 4 is 61.0 Å². The number of rotatable bonds is 6. The minimum atomic E-state index is -1.71. The second-order valence-corrected chi connectivity index (χ2v) is 10.8. The topological polar surface area (TPSA) is 85.3 Å². The third-order valence-corrected chi connectivity index (χ3v) is 7.85. The summed E-state index contributed by atoms with van der Waals surface area (Å²) in [5.41, 5.74) is 1.04. The number of imide groups is 1. The van der Waals surface area contributed by atoms with Gasteiger partial charge in [-0.2, -0.15) is 0 Å². The molecule has 0 spiro atoms. The highest BCUT2D eigenvalue weighted by Crippen LogP contribution is 2.48. The molecule has 9 heteroatoms. The quantitative estimate of drug-likeness (QED) is 0.247. The van der Waals surface area contributed by atoms with Crippen LogP contribution in [0.15, 0.2) is 104 Å². The van der Waals surface area contributed by atoms with Crippen molar-refractivity contribution in [3.63, 3.8) is 0 Å². The molecule has 0 N–H and O–H groups in total. The van der Waals surface area contributed by atoms with E-state index in [0.717, 1.165) is 19.4 Å². The van der Waals surface area contributed by atoms with Gasteiger partial charge in [0, 0.05) is 26.5 Å². The van der Waals surface area contributed by atoms with Crippen LogP contribution in [0.2, 0.25) is 0 Å². The molecule has 0 aliphatic carbocycles. The van der Waals surface area contributed by atoms with Crippen LogP contribution in [0.25, 0.3) is 0 Å². The minimum absolute atomic E-state index is 0.0391. The molecule has 5 rings (SSSR count). The van der Waals surface area contributed by atoms with Gasteiger partial charge in [0.15, 0.2) is 0 Å². The predicted molar refractivity (Wildman–Crippen MR) is 150 cm³/mol. The molecule has 0 aromatic heterocycles. The molecular formula is C29H22Br2N2O5. The average Bonchev–Trinajstić information content (AvgIpc) is 3.46. The van der Waals surface area contributed by atoms with Crippen molar-refractivity contribution < 1.29 is 24.0 Å². The van der Waals surface area contributed by atoms with Crippen molar-refractivity contribution in [2.75, 3.05) is 12.0 Å². The third-order valence-electron chi connectivity index (χ3n) is 6.79. The van der Waals surface area contributed by atoms with Crippen molar-refractivity contribution in [1.29, 1.82) is 0 Å². The van der Waals surface area contributed by atoms with Gasteiger partial charge in [0.2, 0.25) is 5.60 Å². The Labute approximate surface area is 236 Å². The Hall–Kier alpha value is -3.56. The summed E-state index contributed by atoms with van der Waals surface area (Å²) in [4.78, 5) is 48.2. The Morgan fingerprint density at radius 1 is 0.947 bits per heavy atom. The first-order chi connectivity index (χ1) is 18.3. The van der Waals surface area contributed by atoms with E-state index in [1.54, 1.807) is 43.3 Å². The number of hydrogen-bond donors (Lipinski definition) is 0. The smallest absolute Gasteiger partial charge is 0.354 e. The van der Waals surface area contributed by atoms with E-state index in [1.807, 2.05) is 42.5 Å². The molecule has 3 aromatic carbocycles.